The molecule has 0 atom stereocenters. The van der Waals surface area contributed by atoms with Crippen molar-refractivity contribution in [2.45, 2.75) is 26.7 Å². The van der Waals surface area contributed by atoms with Gasteiger partial charge in [0, 0.05) is 18.7 Å². The van der Waals surface area contributed by atoms with Crippen molar-refractivity contribution in [2.75, 3.05) is 31.1 Å². The molecule has 2 aliphatic rings. The Morgan fingerprint density at radius 3 is 2.62 bits per heavy atom. The summed E-state index contributed by atoms with van der Waals surface area (Å²) in [7, 11) is 0. The van der Waals surface area contributed by atoms with Crippen molar-refractivity contribution in [3.05, 3.63) is 23.8 Å². The van der Waals surface area contributed by atoms with Gasteiger partial charge in [-0.15, -0.1) is 0 Å². The number of amides is 2. The van der Waals surface area contributed by atoms with E-state index >= 15 is 0 Å². The van der Waals surface area contributed by atoms with E-state index in [-0.39, 0.29) is 30.7 Å². The number of carbonyl (C=O) groups excluding carboxylic acids is 3. The lowest BCUT2D eigenvalue weighted by molar-refractivity contribution is -0.133. The van der Waals surface area contributed by atoms with Gasteiger partial charge in [-0.3, -0.25) is 19.3 Å². The molecule has 6 nitrogen and oxygen atoms in total. The number of fused-ring (bicyclic) bond motifs is 1. The van der Waals surface area contributed by atoms with Gasteiger partial charge in [0.15, 0.2) is 12.4 Å². The minimum Gasteiger partial charge on any atom is -0.482 e. The van der Waals surface area contributed by atoms with Crippen molar-refractivity contribution in [3.8, 4) is 5.75 Å². The number of nitrogens with zero attached hydrogens (tertiary/aromatic N) is 2. The van der Waals surface area contributed by atoms with Gasteiger partial charge < -0.3 is 9.64 Å². The molecule has 0 saturated carbocycles. The first kappa shape index (κ1) is 16.5. The van der Waals surface area contributed by atoms with Crippen molar-refractivity contribution in [1.29, 1.82) is 0 Å². The molecule has 6 heteroatoms. The van der Waals surface area contributed by atoms with Crippen LogP contribution in [0, 0.1) is 5.92 Å². The van der Waals surface area contributed by atoms with Crippen LogP contribution in [0.1, 0.15) is 37.0 Å². The third-order valence-corrected chi connectivity index (χ3v) is 4.74. The van der Waals surface area contributed by atoms with Gasteiger partial charge >= 0.3 is 0 Å². The first-order valence-corrected chi connectivity index (χ1v) is 8.31. The lowest BCUT2D eigenvalue weighted by atomic mass is 9.99. The lowest BCUT2D eigenvalue weighted by Gasteiger charge is -2.34. The minimum atomic E-state index is -0.262. The van der Waals surface area contributed by atoms with E-state index in [2.05, 4.69) is 6.92 Å². The topological polar surface area (TPSA) is 66.9 Å². The zero-order chi connectivity index (χ0) is 17.3. The van der Waals surface area contributed by atoms with E-state index in [1.165, 1.54) is 11.8 Å². The highest BCUT2D eigenvalue weighted by Gasteiger charge is 2.30. The maximum Gasteiger partial charge on any atom is 0.265 e. The predicted octanol–water partition coefficient (Wildman–Crippen LogP) is 1.87. The van der Waals surface area contributed by atoms with Crippen LogP contribution in [0.2, 0.25) is 0 Å². The molecule has 3 rings (SSSR count). The van der Waals surface area contributed by atoms with E-state index in [1.807, 2.05) is 4.90 Å². The summed E-state index contributed by atoms with van der Waals surface area (Å²) in [5, 5.41) is 0. The second kappa shape index (κ2) is 6.63. The summed E-state index contributed by atoms with van der Waals surface area (Å²) < 4.78 is 5.41. The third kappa shape index (κ3) is 3.27. The molecule has 0 N–H and O–H groups in total. The van der Waals surface area contributed by atoms with Crippen LogP contribution in [0.25, 0.3) is 0 Å². The number of likely N-dealkylation sites (tertiary alicyclic amines) is 1. The van der Waals surface area contributed by atoms with Gasteiger partial charge in [-0.2, -0.15) is 0 Å². The van der Waals surface area contributed by atoms with Crippen molar-refractivity contribution in [1.82, 2.24) is 4.90 Å². The largest absolute Gasteiger partial charge is 0.482 e. The number of piperidine rings is 1. The van der Waals surface area contributed by atoms with Crippen LogP contribution in [0.5, 0.6) is 5.75 Å². The Bertz CT molecular complexity index is 678. The molecule has 24 heavy (non-hydrogen) atoms. The van der Waals surface area contributed by atoms with E-state index in [9.17, 15) is 14.4 Å². The summed E-state index contributed by atoms with van der Waals surface area (Å²) in [6, 6.07) is 4.97. The third-order valence-electron chi connectivity index (χ3n) is 4.74. The molecule has 0 unspecified atom stereocenters. The van der Waals surface area contributed by atoms with E-state index in [0.717, 1.165) is 25.9 Å². The van der Waals surface area contributed by atoms with Crippen LogP contribution in [0.3, 0.4) is 0 Å². The fourth-order valence-corrected chi connectivity index (χ4v) is 3.09. The summed E-state index contributed by atoms with van der Waals surface area (Å²) in [5.41, 5.74) is 0.994. The molecule has 1 saturated heterocycles. The fourth-order valence-electron chi connectivity index (χ4n) is 3.09. The molecule has 0 bridgehead atoms. The van der Waals surface area contributed by atoms with E-state index in [0.29, 0.717) is 22.9 Å². The van der Waals surface area contributed by atoms with Crippen LogP contribution in [0.4, 0.5) is 5.69 Å². The van der Waals surface area contributed by atoms with Gasteiger partial charge in [0.25, 0.3) is 5.91 Å². The second-order valence-corrected chi connectivity index (χ2v) is 6.57. The van der Waals surface area contributed by atoms with Crippen LogP contribution < -0.4 is 9.64 Å². The normalized spacial score (nSPS) is 18.2. The molecule has 0 spiro atoms. The number of anilines is 1. The Balaban J connectivity index is 1.80. The van der Waals surface area contributed by atoms with Crippen LogP contribution in [-0.4, -0.2) is 48.7 Å². The van der Waals surface area contributed by atoms with Crippen molar-refractivity contribution < 1.29 is 19.1 Å². The summed E-state index contributed by atoms with van der Waals surface area (Å²) in [5.74, 6) is 0.753. The highest BCUT2D eigenvalue weighted by Crippen LogP contribution is 2.33. The Morgan fingerprint density at radius 2 is 1.96 bits per heavy atom. The van der Waals surface area contributed by atoms with Gasteiger partial charge in [0.1, 0.15) is 12.3 Å². The van der Waals surface area contributed by atoms with Crippen molar-refractivity contribution in [2.24, 2.45) is 5.92 Å². The zero-order valence-corrected chi connectivity index (χ0v) is 14.1. The summed E-state index contributed by atoms with van der Waals surface area (Å²) in [6.07, 6.45) is 1.99. The number of ketones is 1. The van der Waals surface area contributed by atoms with Crippen molar-refractivity contribution >= 4 is 23.3 Å². The summed E-state index contributed by atoms with van der Waals surface area (Å²) >= 11 is 0. The molecule has 128 valence electrons. The molecule has 0 aromatic heterocycles. The average molecular weight is 330 g/mol. The maximum atomic E-state index is 12.6. The van der Waals surface area contributed by atoms with Gasteiger partial charge in [0.2, 0.25) is 5.91 Å². The number of rotatable bonds is 3. The molecule has 1 aromatic carbocycles. The molecule has 2 heterocycles. The zero-order valence-electron chi connectivity index (χ0n) is 14.1. The quantitative estimate of drug-likeness (QED) is 0.794. The summed E-state index contributed by atoms with van der Waals surface area (Å²) in [4.78, 5) is 39.7. The van der Waals surface area contributed by atoms with E-state index in [1.54, 1.807) is 18.2 Å². The Morgan fingerprint density at radius 1 is 1.25 bits per heavy atom. The van der Waals surface area contributed by atoms with Gasteiger partial charge in [-0.1, -0.05) is 6.92 Å². The average Bonchev–Trinajstić information content (AvgIpc) is 2.57. The highest BCUT2D eigenvalue weighted by molar-refractivity contribution is 6.04. The minimum absolute atomic E-state index is 0.00900. The molecular weight excluding hydrogens is 308 g/mol. The molecular formula is C18H22N2O4. The molecule has 1 fully saturated rings. The predicted molar refractivity (Wildman–Crippen MR) is 89.3 cm³/mol. The fraction of sp³-hybridized carbons (Fsp3) is 0.500. The molecule has 1 aromatic rings. The smallest absolute Gasteiger partial charge is 0.265 e. The highest BCUT2D eigenvalue weighted by atomic mass is 16.5. The van der Waals surface area contributed by atoms with E-state index in [4.69, 9.17) is 4.74 Å². The monoisotopic (exact) mass is 330 g/mol. The molecule has 2 aliphatic heterocycles. The number of hydrogen-bond donors (Lipinski definition) is 0. The Labute approximate surface area is 141 Å². The molecule has 0 aliphatic carbocycles. The second-order valence-electron chi connectivity index (χ2n) is 6.57. The number of carbonyl (C=O) groups is 3. The number of Topliss-reactive ketones (excluding diaryl/α,β-unsaturated/α-hetero) is 1. The van der Waals surface area contributed by atoms with Crippen LogP contribution >= 0.6 is 0 Å². The summed E-state index contributed by atoms with van der Waals surface area (Å²) in [6.45, 7) is 5.03. The SMILES string of the molecule is CC(=O)c1ccc2c(c1)N(CC(=O)N1CCC(C)CC1)C(=O)CO2. The van der Waals surface area contributed by atoms with Gasteiger partial charge in [-0.05, 0) is 43.9 Å². The molecule has 0 radical (unpaired) electrons. The molecule has 2 amide bonds. The number of hydrogen-bond acceptors (Lipinski definition) is 4. The standard InChI is InChI=1S/C18H22N2O4/c1-12-5-7-19(8-6-12)17(22)10-20-15-9-14(13(2)21)3-4-16(15)24-11-18(20)23/h3-4,9,12H,5-8,10-11H2,1-2H3. The van der Waals surface area contributed by atoms with E-state index < -0.39 is 0 Å². The first-order valence-electron chi connectivity index (χ1n) is 8.31. The number of benzene rings is 1. The van der Waals surface area contributed by atoms with Crippen LogP contribution in [0.15, 0.2) is 18.2 Å². The van der Waals surface area contributed by atoms with Gasteiger partial charge in [0.05, 0.1) is 5.69 Å². The van der Waals surface area contributed by atoms with Crippen molar-refractivity contribution in [3.63, 3.8) is 0 Å². The Hall–Kier alpha value is -2.37. The Kier molecular flexibility index (Phi) is 4.55. The van der Waals surface area contributed by atoms with Gasteiger partial charge in [-0.25, -0.2) is 0 Å². The first-order chi connectivity index (χ1) is 11.5. The van der Waals surface area contributed by atoms with Crippen LogP contribution in [-0.2, 0) is 9.59 Å². The lowest BCUT2D eigenvalue weighted by Crippen LogP contribution is -2.48. The number of ether oxygens (including phenoxy) is 1. The maximum absolute atomic E-state index is 12.6.